The highest BCUT2D eigenvalue weighted by Crippen LogP contribution is 2.11. The van der Waals surface area contributed by atoms with Crippen molar-refractivity contribution in [2.45, 2.75) is 26.3 Å². The number of carbonyl (C=O) groups is 2. The Kier molecular flexibility index (Phi) is 2.70. The summed E-state index contributed by atoms with van der Waals surface area (Å²) in [6.07, 6.45) is 0.852. The van der Waals surface area contributed by atoms with Gasteiger partial charge in [0.2, 0.25) is 5.91 Å². The molecule has 72 valence electrons. The van der Waals surface area contributed by atoms with E-state index in [2.05, 4.69) is 17.2 Å². The van der Waals surface area contributed by atoms with Crippen LogP contribution in [0.15, 0.2) is 12.3 Å². The van der Waals surface area contributed by atoms with Crippen LogP contribution in [-0.4, -0.2) is 17.9 Å². The van der Waals surface area contributed by atoms with E-state index in [0.717, 1.165) is 6.42 Å². The first-order valence-electron chi connectivity index (χ1n) is 4.37. The van der Waals surface area contributed by atoms with Gasteiger partial charge in [0.15, 0.2) is 0 Å². The summed E-state index contributed by atoms with van der Waals surface area (Å²) >= 11 is 0. The van der Waals surface area contributed by atoms with Crippen molar-refractivity contribution in [3.63, 3.8) is 0 Å². The Morgan fingerprint density at radius 2 is 2.15 bits per heavy atom. The largest absolute Gasteiger partial charge is 0.339 e. The smallest absolute Gasteiger partial charge is 0.267 e. The molecule has 4 heteroatoms. The van der Waals surface area contributed by atoms with Crippen LogP contribution < -0.4 is 10.6 Å². The van der Waals surface area contributed by atoms with Gasteiger partial charge >= 0.3 is 0 Å². The molecule has 2 atom stereocenters. The number of hydrogen-bond donors (Lipinski definition) is 2. The van der Waals surface area contributed by atoms with Gasteiger partial charge in [-0.1, -0.05) is 26.8 Å². The lowest BCUT2D eigenvalue weighted by Gasteiger charge is -2.28. The van der Waals surface area contributed by atoms with Crippen LogP contribution in [0, 0.1) is 5.92 Å². The summed E-state index contributed by atoms with van der Waals surface area (Å²) in [7, 11) is 0. The zero-order valence-electron chi connectivity index (χ0n) is 7.89. The average molecular weight is 182 g/mol. The average Bonchev–Trinajstić information content (AvgIpc) is 2.10. The van der Waals surface area contributed by atoms with Crippen LogP contribution in [0.5, 0.6) is 0 Å². The normalized spacial score (nSPS) is 25.1. The van der Waals surface area contributed by atoms with Crippen LogP contribution in [0.4, 0.5) is 0 Å². The van der Waals surface area contributed by atoms with E-state index in [4.69, 9.17) is 0 Å². The predicted octanol–water partition coefficient (Wildman–Crippen LogP) is 0.161. The molecule has 0 aromatic heterocycles. The maximum atomic E-state index is 11.4. The molecule has 1 unspecified atom stereocenters. The van der Waals surface area contributed by atoms with Crippen molar-refractivity contribution in [3.8, 4) is 0 Å². The number of piperazine rings is 1. The predicted molar refractivity (Wildman–Crippen MR) is 48.7 cm³/mol. The first kappa shape index (κ1) is 9.77. The molecule has 1 aliphatic heterocycles. The molecule has 0 aliphatic carbocycles. The monoisotopic (exact) mass is 182 g/mol. The van der Waals surface area contributed by atoms with Crippen LogP contribution >= 0.6 is 0 Å². The minimum atomic E-state index is -0.414. The van der Waals surface area contributed by atoms with Crippen molar-refractivity contribution in [2.24, 2.45) is 5.92 Å². The van der Waals surface area contributed by atoms with E-state index in [1.165, 1.54) is 0 Å². The minimum Gasteiger partial charge on any atom is -0.339 e. The summed E-state index contributed by atoms with van der Waals surface area (Å²) in [5.74, 6) is -0.305. The Bertz CT molecular complexity index is 260. The molecule has 0 saturated carbocycles. The highest BCUT2D eigenvalue weighted by atomic mass is 16.2. The van der Waals surface area contributed by atoms with E-state index in [1.807, 2.05) is 13.8 Å². The fourth-order valence-corrected chi connectivity index (χ4v) is 1.21. The van der Waals surface area contributed by atoms with Crippen LogP contribution in [0.3, 0.4) is 0 Å². The number of rotatable bonds is 2. The lowest BCUT2D eigenvalue weighted by molar-refractivity contribution is -0.132. The third kappa shape index (κ3) is 1.88. The molecule has 4 nitrogen and oxygen atoms in total. The van der Waals surface area contributed by atoms with Gasteiger partial charge in [-0.25, -0.2) is 0 Å². The van der Waals surface area contributed by atoms with Gasteiger partial charge in [0.05, 0.1) is 5.70 Å². The van der Waals surface area contributed by atoms with E-state index >= 15 is 0 Å². The molecule has 1 heterocycles. The van der Waals surface area contributed by atoms with Gasteiger partial charge in [-0.05, 0) is 5.92 Å². The lowest BCUT2D eigenvalue weighted by Crippen LogP contribution is -2.56. The molecule has 1 rings (SSSR count). The van der Waals surface area contributed by atoms with Crippen molar-refractivity contribution in [3.05, 3.63) is 12.3 Å². The maximum absolute atomic E-state index is 11.4. The Balaban J connectivity index is 2.72. The van der Waals surface area contributed by atoms with E-state index in [-0.39, 0.29) is 23.4 Å². The molecular weight excluding hydrogens is 168 g/mol. The highest BCUT2D eigenvalue weighted by Gasteiger charge is 2.31. The van der Waals surface area contributed by atoms with Gasteiger partial charge in [0.1, 0.15) is 6.04 Å². The Labute approximate surface area is 77.4 Å². The molecule has 0 aromatic carbocycles. The molecule has 1 fully saturated rings. The summed E-state index contributed by atoms with van der Waals surface area (Å²) < 4.78 is 0. The number of amides is 2. The second-order valence-electron chi connectivity index (χ2n) is 3.30. The van der Waals surface area contributed by atoms with Gasteiger partial charge in [-0.2, -0.15) is 0 Å². The fraction of sp³-hybridized carbons (Fsp3) is 0.556. The Morgan fingerprint density at radius 3 is 2.69 bits per heavy atom. The molecule has 2 amide bonds. The molecule has 1 aliphatic rings. The van der Waals surface area contributed by atoms with Crippen molar-refractivity contribution < 1.29 is 9.59 Å². The van der Waals surface area contributed by atoms with Crippen LogP contribution in [0.1, 0.15) is 20.3 Å². The number of nitrogens with one attached hydrogen (secondary N) is 2. The summed E-state index contributed by atoms with van der Waals surface area (Å²) in [4.78, 5) is 22.5. The van der Waals surface area contributed by atoms with Gasteiger partial charge in [-0.3, -0.25) is 9.59 Å². The van der Waals surface area contributed by atoms with Crippen LogP contribution in [0.25, 0.3) is 0 Å². The van der Waals surface area contributed by atoms with E-state index in [0.29, 0.717) is 0 Å². The fourth-order valence-electron chi connectivity index (χ4n) is 1.21. The van der Waals surface area contributed by atoms with Crippen molar-refractivity contribution in [2.75, 3.05) is 0 Å². The van der Waals surface area contributed by atoms with E-state index in [1.54, 1.807) is 0 Å². The standard InChI is InChI=1S/C9H14N2O2/c1-4-5(2)7-9(13)10-6(3)8(12)11-7/h5,7H,3-4H2,1-2H3,(H,10,13)(H,11,12)/t5?,7-/m0/s1. The SMILES string of the molecule is C=C1NC(=O)[C@H](C(C)CC)NC1=O. The third-order valence-corrected chi connectivity index (χ3v) is 2.33. The maximum Gasteiger partial charge on any atom is 0.267 e. The van der Waals surface area contributed by atoms with Crippen molar-refractivity contribution in [1.82, 2.24) is 10.6 Å². The summed E-state index contributed by atoms with van der Waals surface area (Å²) in [6.45, 7) is 7.33. The Hall–Kier alpha value is -1.32. The van der Waals surface area contributed by atoms with Gasteiger partial charge < -0.3 is 10.6 Å². The second kappa shape index (κ2) is 3.60. The van der Waals surface area contributed by atoms with Crippen molar-refractivity contribution in [1.29, 1.82) is 0 Å². The van der Waals surface area contributed by atoms with Crippen molar-refractivity contribution >= 4 is 11.8 Å². The van der Waals surface area contributed by atoms with Crippen LogP contribution in [0.2, 0.25) is 0 Å². The molecule has 0 aromatic rings. The molecule has 0 radical (unpaired) electrons. The third-order valence-electron chi connectivity index (χ3n) is 2.33. The summed E-state index contributed by atoms with van der Waals surface area (Å²) in [5, 5.41) is 5.06. The highest BCUT2D eigenvalue weighted by molar-refractivity contribution is 6.04. The Morgan fingerprint density at radius 1 is 1.54 bits per heavy atom. The quantitative estimate of drug-likeness (QED) is 0.598. The molecule has 0 spiro atoms. The minimum absolute atomic E-state index is 0.129. The first-order chi connectivity index (χ1) is 6.06. The molecule has 1 saturated heterocycles. The summed E-state index contributed by atoms with van der Waals surface area (Å²) in [5.41, 5.74) is 0.129. The molecular formula is C9H14N2O2. The lowest BCUT2D eigenvalue weighted by atomic mass is 9.97. The molecule has 13 heavy (non-hydrogen) atoms. The number of hydrogen-bond acceptors (Lipinski definition) is 2. The summed E-state index contributed by atoms with van der Waals surface area (Å²) in [6, 6.07) is -0.414. The van der Waals surface area contributed by atoms with Gasteiger partial charge in [0, 0.05) is 0 Å². The van der Waals surface area contributed by atoms with Gasteiger partial charge in [0.25, 0.3) is 5.91 Å². The second-order valence-corrected chi connectivity index (χ2v) is 3.30. The molecule has 0 bridgehead atoms. The zero-order chi connectivity index (χ0) is 10.0. The van der Waals surface area contributed by atoms with Crippen LogP contribution in [-0.2, 0) is 9.59 Å². The van der Waals surface area contributed by atoms with Gasteiger partial charge in [-0.15, -0.1) is 0 Å². The van der Waals surface area contributed by atoms with E-state index in [9.17, 15) is 9.59 Å². The molecule has 2 N–H and O–H groups in total. The van der Waals surface area contributed by atoms with E-state index < -0.39 is 6.04 Å². The zero-order valence-corrected chi connectivity index (χ0v) is 7.89. The number of carbonyl (C=O) groups excluding carboxylic acids is 2. The topological polar surface area (TPSA) is 58.2 Å². The first-order valence-corrected chi connectivity index (χ1v) is 4.37.